The van der Waals surface area contributed by atoms with Crippen molar-refractivity contribution in [1.82, 2.24) is 5.16 Å². The molecule has 8 heteroatoms. The van der Waals surface area contributed by atoms with E-state index in [1.165, 1.54) is 6.26 Å². The van der Waals surface area contributed by atoms with Crippen molar-refractivity contribution in [2.75, 3.05) is 6.61 Å². The lowest BCUT2D eigenvalue weighted by atomic mass is 10.1. The Kier molecular flexibility index (Phi) is 4.92. The van der Waals surface area contributed by atoms with Gasteiger partial charge in [0.05, 0.1) is 12.3 Å². The van der Waals surface area contributed by atoms with E-state index in [-0.39, 0.29) is 18.0 Å². The number of benzene rings is 1. The quantitative estimate of drug-likeness (QED) is 0.281. The number of nitrogens with two attached hydrogens (primary N) is 1. The predicted molar refractivity (Wildman–Crippen MR) is 73.9 cm³/mol. The van der Waals surface area contributed by atoms with Gasteiger partial charge in [0.25, 0.3) is 0 Å². The minimum absolute atomic E-state index is 0.0649. The Hall–Kier alpha value is -2.64. The first-order valence-corrected chi connectivity index (χ1v) is 6.52. The molecule has 0 fully saturated rings. The second-order valence-electron chi connectivity index (χ2n) is 4.63. The number of amidine groups is 1. The zero-order valence-electron chi connectivity index (χ0n) is 11.8. The maximum atomic E-state index is 13.8. The fourth-order valence-corrected chi connectivity index (χ4v) is 1.89. The van der Waals surface area contributed by atoms with E-state index in [0.717, 1.165) is 23.4 Å². The summed E-state index contributed by atoms with van der Waals surface area (Å²) in [7, 11) is 0. The van der Waals surface area contributed by atoms with Crippen LogP contribution in [0.3, 0.4) is 0 Å². The molecule has 1 heterocycles. The number of oxime groups is 1. The number of ether oxygens (including phenoxy) is 1. The molecular formula is C14H15F2N3O3. The predicted octanol–water partition coefficient (Wildman–Crippen LogP) is 2.37. The standard InChI is InChI=1S/C14H15F2N3O3/c1-8-9(7-22-19-8)3-2-4-21-13-11(15)5-10(6-12(13)16)14(17)18-20/h5-7,20H,2-4H2,1H3,(H2,17,18). The molecule has 2 rings (SSSR count). The van der Waals surface area contributed by atoms with Crippen molar-refractivity contribution in [3.8, 4) is 5.75 Å². The first-order valence-electron chi connectivity index (χ1n) is 6.52. The van der Waals surface area contributed by atoms with Crippen LogP contribution in [-0.2, 0) is 6.42 Å². The SMILES string of the molecule is Cc1nocc1CCCOc1c(F)cc(C(N)=NO)cc1F. The van der Waals surface area contributed by atoms with E-state index < -0.39 is 17.4 Å². The maximum Gasteiger partial charge on any atom is 0.190 e. The van der Waals surface area contributed by atoms with Crippen LogP contribution in [0, 0.1) is 18.6 Å². The Morgan fingerprint density at radius 1 is 1.41 bits per heavy atom. The van der Waals surface area contributed by atoms with Gasteiger partial charge in [0, 0.05) is 11.1 Å². The number of aryl methyl sites for hydroxylation is 2. The molecule has 0 unspecified atom stereocenters. The van der Waals surface area contributed by atoms with Gasteiger partial charge >= 0.3 is 0 Å². The Morgan fingerprint density at radius 2 is 2.09 bits per heavy atom. The molecule has 3 N–H and O–H groups in total. The third kappa shape index (κ3) is 3.51. The minimum atomic E-state index is -0.914. The molecule has 22 heavy (non-hydrogen) atoms. The van der Waals surface area contributed by atoms with Crippen LogP contribution in [0.25, 0.3) is 0 Å². The zero-order chi connectivity index (χ0) is 16.1. The number of nitrogens with zero attached hydrogens (tertiary/aromatic N) is 2. The molecule has 1 aromatic carbocycles. The van der Waals surface area contributed by atoms with E-state index >= 15 is 0 Å². The van der Waals surface area contributed by atoms with Gasteiger partial charge in [-0.05, 0) is 31.9 Å². The molecule has 0 aliphatic rings. The van der Waals surface area contributed by atoms with Crippen molar-refractivity contribution in [1.29, 1.82) is 0 Å². The Bertz CT molecular complexity index is 663. The van der Waals surface area contributed by atoms with Crippen LogP contribution < -0.4 is 10.5 Å². The maximum absolute atomic E-state index is 13.8. The first-order chi connectivity index (χ1) is 10.5. The number of hydrogen-bond donors (Lipinski definition) is 2. The summed E-state index contributed by atoms with van der Waals surface area (Å²) in [6.45, 7) is 1.94. The van der Waals surface area contributed by atoms with Gasteiger partial charge in [0.15, 0.2) is 23.2 Å². The molecule has 0 saturated carbocycles. The van der Waals surface area contributed by atoms with Crippen LogP contribution in [0.5, 0.6) is 5.75 Å². The average molecular weight is 311 g/mol. The Labute approximate surface area is 125 Å². The van der Waals surface area contributed by atoms with Crippen molar-refractivity contribution in [3.63, 3.8) is 0 Å². The molecule has 6 nitrogen and oxygen atoms in total. The summed E-state index contributed by atoms with van der Waals surface area (Å²) in [6.07, 6.45) is 2.70. The van der Waals surface area contributed by atoms with Crippen LogP contribution in [0.2, 0.25) is 0 Å². The summed E-state index contributed by atoms with van der Waals surface area (Å²) in [5, 5.41) is 14.9. The fourth-order valence-electron chi connectivity index (χ4n) is 1.89. The highest BCUT2D eigenvalue weighted by molar-refractivity contribution is 5.97. The van der Waals surface area contributed by atoms with Gasteiger partial charge in [-0.2, -0.15) is 0 Å². The molecule has 0 aliphatic heterocycles. The van der Waals surface area contributed by atoms with E-state index in [9.17, 15) is 8.78 Å². The molecular weight excluding hydrogens is 296 g/mol. The zero-order valence-corrected chi connectivity index (χ0v) is 11.8. The topological polar surface area (TPSA) is 93.9 Å². The van der Waals surface area contributed by atoms with Crippen LogP contribution in [-0.4, -0.2) is 22.8 Å². The van der Waals surface area contributed by atoms with Gasteiger partial charge in [-0.3, -0.25) is 0 Å². The van der Waals surface area contributed by atoms with Crippen molar-refractivity contribution in [2.45, 2.75) is 19.8 Å². The van der Waals surface area contributed by atoms with E-state index in [1.807, 2.05) is 6.92 Å². The second kappa shape index (κ2) is 6.88. The summed E-state index contributed by atoms with van der Waals surface area (Å²) < 4.78 is 37.5. The lowest BCUT2D eigenvalue weighted by Crippen LogP contribution is -2.14. The third-order valence-corrected chi connectivity index (χ3v) is 3.09. The minimum Gasteiger partial charge on any atom is -0.488 e. The smallest absolute Gasteiger partial charge is 0.190 e. The van der Waals surface area contributed by atoms with Crippen molar-refractivity contribution in [2.24, 2.45) is 10.9 Å². The summed E-state index contributed by atoms with van der Waals surface area (Å²) in [5.41, 5.74) is 6.92. The normalized spacial score (nSPS) is 11.7. The third-order valence-electron chi connectivity index (χ3n) is 3.09. The van der Waals surface area contributed by atoms with Crippen LogP contribution >= 0.6 is 0 Å². The number of halogens is 2. The van der Waals surface area contributed by atoms with E-state index in [4.69, 9.17) is 20.2 Å². The molecule has 0 radical (unpaired) electrons. The van der Waals surface area contributed by atoms with Gasteiger partial charge in [0.1, 0.15) is 6.26 Å². The molecule has 0 bridgehead atoms. The molecule has 0 saturated heterocycles. The van der Waals surface area contributed by atoms with Crippen LogP contribution in [0.15, 0.2) is 28.1 Å². The van der Waals surface area contributed by atoms with Crippen molar-refractivity contribution >= 4 is 5.84 Å². The Balaban J connectivity index is 1.97. The van der Waals surface area contributed by atoms with Crippen LogP contribution in [0.4, 0.5) is 8.78 Å². The highest BCUT2D eigenvalue weighted by atomic mass is 19.1. The first kappa shape index (κ1) is 15.7. The lowest BCUT2D eigenvalue weighted by molar-refractivity contribution is 0.279. The van der Waals surface area contributed by atoms with Crippen molar-refractivity contribution in [3.05, 3.63) is 46.9 Å². The molecule has 1 aromatic heterocycles. The molecule has 0 amide bonds. The van der Waals surface area contributed by atoms with E-state index in [2.05, 4.69) is 10.3 Å². The van der Waals surface area contributed by atoms with E-state index in [1.54, 1.807) is 0 Å². The van der Waals surface area contributed by atoms with Gasteiger partial charge in [-0.15, -0.1) is 0 Å². The second-order valence-corrected chi connectivity index (χ2v) is 4.63. The molecule has 2 aromatic rings. The number of rotatable bonds is 6. The van der Waals surface area contributed by atoms with Gasteiger partial charge < -0.3 is 20.2 Å². The molecule has 0 aliphatic carbocycles. The summed E-state index contributed by atoms with van der Waals surface area (Å²) in [6, 6.07) is 1.88. The molecule has 0 atom stereocenters. The summed E-state index contributed by atoms with van der Waals surface area (Å²) in [4.78, 5) is 0. The summed E-state index contributed by atoms with van der Waals surface area (Å²) >= 11 is 0. The monoisotopic (exact) mass is 311 g/mol. The van der Waals surface area contributed by atoms with Crippen molar-refractivity contribution < 1.29 is 23.2 Å². The van der Waals surface area contributed by atoms with Crippen LogP contribution in [0.1, 0.15) is 23.2 Å². The number of aromatic nitrogens is 1. The summed E-state index contributed by atoms with van der Waals surface area (Å²) in [5.74, 6) is -2.70. The van der Waals surface area contributed by atoms with E-state index in [0.29, 0.717) is 12.8 Å². The lowest BCUT2D eigenvalue weighted by Gasteiger charge is -2.09. The van der Waals surface area contributed by atoms with Gasteiger partial charge in [0.2, 0.25) is 0 Å². The highest BCUT2D eigenvalue weighted by Gasteiger charge is 2.14. The van der Waals surface area contributed by atoms with Gasteiger partial charge in [-0.1, -0.05) is 10.3 Å². The molecule has 0 spiro atoms. The highest BCUT2D eigenvalue weighted by Crippen LogP contribution is 2.23. The molecule has 118 valence electrons. The fraction of sp³-hybridized carbons (Fsp3) is 0.286. The largest absolute Gasteiger partial charge is 0.488 e. The average Bonchev–Trinajstić information content (AvgIpc) is 2.90. The number of hydrogen-bond acceptors (Lipinski definition) is 5. The van der Waals surface area contributed by atoms with Gasteiger partial charge in [-0.25, -0.2) is 8.78 Å². The Morgan fingerprint density at radius 3 is 2.64 bits per heavy atom.